The van der Waals surface area contributed by atoms with E-state index in [0.29, 0.717) is 6.54 Å². The number of hydrogen-bond donors (Lipinski definition) is 1. The highest BCUT2D eigenvalue weighted by Crippen LogP contribution is 2.16. The van der Waals surface area contributed by atoms with Crippen LogP contribution in [0, 0.1) is 0 Å². The summed E-state index contributed by atoms with van der Waals surface area (Å²) in [4.78, 5) is 1.58. The zero-order valence-electron chi connectivity index (χ0n) is 9.95. The first-order valence-corrected chi connectivity index (χ1v) is 6.55. The molecule has 3 aromatic rings. The molecule has 0 aliphatic heterocycles. The van der Waals surface area contributed by atoms with Gasteiger partial charge in [0.15, 0.2) is 4.67 Å². The standard InChI is InChI=1S/C13H11BrN4O/c14-13-6-5-12(19-13)9-15-10-1-3-11(4-2-10)18-16-7-8-17-18/h1-8,15H,9H2. The molecule has 0 fully saturated rings. The minimum atomic E-state index is 0.644. The molecule has 0 amide bonds. The Morgan fingerprint density at radius 1 is 1.05 bits per heavy atom. The Bertz CT molecular complexity index is 646. The van der Waals surface area contributed by atoms with Crippen LogP contribution >= 0.6 is 15.9 Å². The van der Waals surface area contributed by atoms with Crippen molar-refractivity contribution in [2.24, 2.45) is 0 Å². The van der Waals surface area contributed by atoms with Crippen molar-refractivity contribution in [3.8, 4) is 5.69 Å². The average Bonchev–Trinajstić information content (AvgIpc) is 3.08. The highest BCUT2D eigenvalue weighted by molar-refractivity contribution is 9.10. The van der Waals surface area contributed by atoms with Gasteiger partial charge in [-0.3, -0.25) is 0 Å². The fourth-order valence-electron chi connectivity index (χ4n) is 1.70. The molecule has 0 aliphatic rings. The number of rotatable bonds is 4. The number of anilines is 1. The molecule has 1 N–H and O–H groups in total. The summed E-state index contributed by atoms with van der Waals surface area (Å²) in [6, 6.07) is 11.7. The molecule has 0 unspecified atom stereocenters. The van der Waals surface area contributed by atoms with Crippen molar-refractivity contribution >= 4 is 21.6 Å². The Morgan fingerprint density at radius 3 is 2.42 bits per heavy atom. The molecule has 0 aliphatic carbocycles. The van der Waals surface area contributed by atoms with Crippen LogP contribution in [0.3, 0.4) is 0 Å². The monoisotopic (exact) mass is 318 g/mol. The van der Waals surface area contributed by atoms with Crippen LogP contribution in [-0.4, -0.2) is 15.0 Å². The van der Waals surface area contributed by atoms with E-state index in [0.717, 1.165) is 21.8 Å². The summed E-state index contributed by atoms with van der Waals surface area (Å²) >= 11 is 3.28. The normalized spacial score (nSPS) is 10.6. The van der Waals surface area contributed by atoms with E-state index in [1.807, 2.05) is 36.4 Å². The lowest BCUT2D eigenvalue weighted by Gasteiger charge is -2.05. The van der Waals surface area contributed by atoms with Crippen LogP contribution in [0.1, 0.15) is 5.76 Å². The van der Waals surface area contributed by atoms with Gasteiger partial charge >= 0.3 is 0 Å². The third kappa shape index (κ3) is 2.85. The molecule has 3 rings (SSSR count). The first kappa shape index (κ1) is 12.0. The van der Waals surface area contributed by atoms with Crippen molar-refractivity contribution in [1.82, 2.24) is 15.0 Å². The van der Waals surface area contributed by atoms with Crippen LogP contribution in [0.25, 0.3) is 5.69 Å². The number of furan rings is 1. The summed E-state index contributed by atoms with van der Waals surface area (Å²) in [5, 5.41) is 11.4. The smallest absolute Gasteiger partial charge is 0.169 e. The van der Waals surface area contributed by atoms with Crippen LogP contribution in [0.4, 0.5) is 5.69 Å². The zero-order valence-corrected chi connectivity index (χ0v) is 11.5. The molecule has 5 nitrogen and oxygen atoms in total. The maximum absolute atomic E-state index is 5.42. The van der Waals surface area contributed by atoms with Gasteiger partial charge in [0, 0.05) is 5.69 Å². The average molecular weight is 319 g/mol. The van der Waals surface area contributed by atoms with E-state index in [1.54, 1.807) is 17.2 Å². The number of benzene rings is 1. The number of hydrogen-bond acceptors (Lipinski definition) is 4. The molecule has 19 heavy (non-hydrogen) atoms. The van der Waals surface area contributed by atoms with E-state index >= 15 is 0 Å². The second-order valence-electron chi connectivity index (χ2n) is 3.92. The van der Waals surface area contributed by atoms with Gasteiger partial charge in [-0.25, -0.2) is 0 Å². The number of aromatic nitrogens is 3. The predicted molar refractivity (Wildman–Crippen MR) is 75.1 cm³/mol. The quantitative estimate of drug-likeness (QED) is 0.802. The van der Waals surface area contributed by atoms with E-state index in [9.17, 15) is 0 Å². The van der Waals surface area contributed by atoms with Crippen LogP contribution < -0.4 is 5.32 Å². The van der Waals surface area contributed by atoms with Crippen molar-refractivity contribution in [2.75, 3.05) is 5.32 Å². The lowest BCUT2D eigenvalue weighted by atomic mass is 10.3. The highest BCUT2D eigenvalue weighted by Gasteiger charge is 2.01. The second kappa shape index (κ2) is 5.27. The zero-order chi connectivity index (χ0) is 13.1. The van der Waals surface area contributed by atoms with Crippen molar-refractivity contribution in [3.63, 3.8) is 0 Å². The number of nitrogens with zero attached hydrogens (tertiary/aromatic N) is 3. The molecule has 1 aromatic carbocycles. The summed E-state index contributed by atoms with van der Waals surface area (Å²) in [7, 11) is 0. The molecule has 0 bridgehead atoms. The minimum absolute atomic E-state index is 0.644. The lowest BCUT2D eigenvalue weighted by Crippen LogP contribution is -2.00. The van der Waals surface area contributed by atoms with Crippen LogP contribution in [0.5, 0.6) is 0 Å². The Labute approximate surface area is 118 Å². The Kier molecular flexibility index (Phi) is 3.33. The third-order valence-corrected chi connectivity index (χ3v) is 3.04. The second-order valence-corrected chi connectivity index (χ2v) is 4.71. The molecule has 0 saturated heterocycles. The summed E-state index contributed by atoms with van der Waals surface area (Å²) in [6.07, 6.45) is 3.31. The van der Waals surface area contributed by atoms with E-state index in [2.05, 4.69) is 31.4 Å². The molecule has 0 radical (unpaired) electrons. The van der Waals surface area contributed by atoms with Crippen LogP contribution in [-0.2, 0) is 6.54 Å². The molecule has 0 saturated carbocycles. The van der Waals surface area contributed by atoms with Gasteiger partial charge in [-0.2, -0.15) is 15.0 Å². The fraction of sp³-hybridized carbons (Fsp3) is 0.0769. The maximum Gasteiger partial charge on any atom is 0.169 e. The summed E-state index contributed by atoms with van der Waals surface area (Å²) < 4.78 is 6.16. The van der Waals surface area contributed by atoms with Gasteiger partial charge in [-0.05, 0) is 52.3 Å². The topological polar surface area (TPSA) is 55.9 Å². The molecule has 2 aromatic heterocycles. The van der Waals surface area contributed by atoms with Crippen molar-refractivity contribution in [3.05, 3.63) is 59.2 Å². The molecule has 0 atom stereocenters. The Morgan fingerprint density at radius 2 is 1.79 bits per heavy atom. The van der Waals surface area contributed by atoms with Crippen molar-refractivity contribution < 1.29 is 4.42 Å². The van der Waals surface area contributed by atoms with E-state index in [-0.39, 0.29) is 0 Å². The molecule has 2 heterocycles. The van der Waals surface area contributed by atoms with E-state index in [1.165, 1.54) is 0 Å². The number of nitrogens with one attached hydrogen (secondary N) is 1. The largest absolute Gasteiger partial charge is 0.452 e. The molecule has 6 heteroatoms. The predicted octanol–water partition coefficient (Wildman–Crippen LogP) is 3.23. The van der Waals surface area contributed by atoms with Gasteiger partial charge in [-0.15, -0.1) is 0 Å². The third-order valence-electron chi connectivity index (χ3n) is 2.61. The first-order chi connectivity index (χ1) is 9.31. The van der Waals surface area contributed by atoms with Crippen molar-refractivity contribution in [2.45, 2.75) is 6.54 Å². The van der Waals surface area contributed by atoms with Crippen LogP contribution in [0.2, 0.25) is 0 Å². The maximum atomic E-state index is 5.42. The van der Waals surface area contributed by atoms with Gasteiger partial charge < -0.3 is 9.73 Å². The first-order valence-electron chi connectivity index (χ1n) is 5.76. The molecule has 96 valence electrons. The Balaban J connectivity index is 1.66. The minimum Gasteiger partial charge on any atom is -0.452 e. The van der Waals surface area contributed by atoms with E-state index in [4.69, 9.17) is 4.42 Å². The molecular weight excluding hydrogens is 308 g/mol. The summed E-state index contributed by atoms with van der Waals surface area (Å²) in [5.74, 6) is 0.879. The summed E-state index contributed by atoms with van der Waals surface area (Å²) in [5.41, 5.74) is 1.94. The summed E-state index contributed by atoms with van der Waals surface area (Å²) in [6.45, 7) is 0.644. The van der Waals surface area contributed by atoms with Gasteiger partial charge in [0.05, 0.1) is 24.6 Å². The highest BCUT2D eigenvalue weighted by atomic mass is 79.9. The van der Waals surface area contributed by atoms with Gasteiger partial charge in [-0.1, -0.05) is 0 Å². The lowest BCUT2D eigenvalue weighted by molar-refractivity contribution is 0.495. The van der Waals surface area contributed by atoms with Gasteiger partial charge in [0.1, 0.15) is 5.76 Å². The van der Waals surface area contributed by atoms with Crippen LogP contribution in [0.15, 0.2) is 57.9 Å². The Hall–Kier alpha value is -2.08. The van der Waals surface area contributed by atoms with Gasteiger partial charge in [0.25, 0.3) is 0 Å². The molecule has 0 spiro atoms. The van der Waals surface area contributed by atoms with E-state index < -0.39 is 0 Å². The molecular formula is C13H11BrN4O. The van der Waals surface area contributed by atoms with Crippen molar-refractivity contribution in [1.29, 1.82) is 0 Å². The SMILES string of the molecule is Brc1ccc(CNc2ccc(-n3nccn3)cc2)o1. The number of halogens is 1. The fourth-order valence-corrected chi connectivity index (χ4v) is 2.04. The van der Waals surface area contributed by atoms with Gasteiger partial charge in [0.2, 0.25) is 0 Å².